The lowest BCUT2D eigenvalue weighted by Gasteiger charge is -2.05. The van der Waals surface area contributed by atoms with Gasteiger partial charge in [0.1, 0.15) is 5.75 Å². The zero-order chi connectivity index (χ0) is 9.14. The fourth-order valence-electron chi connectivity index (χ4n) is 1.22. The maximum atomic E-state index is 8.77. The van der Waals surface area contributed by atoms with Crippen molar-refractivity contribution in [1.82, 2.24) is 0 Å². The van der Waals surface area contributed by atoms with Gasteiger partial charge in [0.15, 0.2) is 0 Å². The molecule has 0 spiro atoms. The summed E-state index contributed by atoms with van der Waals surface area (Å²) in [6.45, 7) is 3.82. The first kappa shape index (κ1) is 8.61. The molecule has 0 aliphatic heterocycles. The van der Waals surface area contributed by atoms with Gasteiger partial charge in [0.25, 0.3) is 0 Å². The molecule has 1 aromatic rings. The summed E-state index contributed by atoms with van der Waals surface area (Å²) in [6.07, 6.45) is 0. The van der Waals surface area contributed by atoms with E-state index in [1.54, 1.807) is 7.11 Å². The van der Waals surface area contributed by atoms with Crippen LogP contribution in [0.4, 0.5) is 0 Å². The Bertz CT molecular complexity index is 313. The van der Waals surface area contributed by atoms with Crippen LogP contribution in [0.3, 0.4) is 0 Å². The van der Waals surface area contributed by atoms with Crippen LogP contribution in [0.15, 0.2) is 12.1 Å². The van der Waals surface area contributed by atoms with E-state index >= 15 is 0 Å². The molecule has 0 unspecified atom stereocenters. The number of ether oxygens (including phenoxy) is 1. The van der Waals surface area contributed by atoms with E-state index in [-0.39, 0.29) is 0 Å². The summed E-state index contributed by atoms with van der Waals surface area (Å²) in [5.41, 5.74) is 2.68. The Balaban J connectivity index is 3.30. The van der Waals surface area contributed by atoms with Gasteiger partial charge >= 0.3 is 0 Å². The van der Waals surface area contributed by atoms with Gasteiger partial charge < -0.3 is 4.74 Å². The monoisotopic (exact) mass is 161 g/mol. The van der Waals surface area contributed by atoms with Crippen molar-refractivity contribution in [3.05, 3.63) is 28.8 Å². The number of rotatable bonds is 1. The third-order valence-corrected chi connectivity index (χ3v) is 1.85. The second-order valence-electron chi connectivity index (χ2n) is 2.75. The van der Waals surface area contributed by atoms with Crippen molar-refractivity contribution in [2.24, 2.45) is 0 Å². The number of hydrogen-bond donors (Lipinski definition) is 0. The summed E-state index contributed by atoms with van der Waals surface area (Å²) >= 11 is 0. The van der Waals surface area contributed by atoms with Crippen molar-refractivity contribution in [2.75, 3.05) is 7.11 Å². The van der Waals surface area contributed by atoms with E-state index in [4.69, 9.17) is 10.00 Å². The molecule has 0 saturated heterocycles. The summed E-state index contributed by atoms with van der Waals surface area (Å²) in [4.78, 5) is 0. The van der Waals surface area contributed by atoms with Gasteiger partial charge in [-0.1, -0.05) is 0 Å². The number of hydrogen-bond acceptors (Lipinski definition) is 2. The molecule has 0 amide bonds. The Hall–Kier alpha value is -1.49. The highest BCUT2D eigenvalue weighted by Gasteiger charge is 2.03. The van der Waals surface area contributed by atoms with Crippen LogP contribution in [0.5, 0.6) is 5.75 Å². The molecule has 2 nitrogen and oxygen atoms in total. The summed E-state index contributed by atoms with van der Waals surface area (Å²) in [7, 11) is 1.63. The number of nitriles is 1. The topological polar surface area (TPSA) is 33.0 Å². The third-order valence-electron chi connectivity index (χ3n) is 1.85. The summed E-state index contributed by atoms with van der Waals surface area (Å²) in [5.74, 6) is 0.809. The zero-order valence-corrected chi connectivity index (χ0v) is 7.51. The van der Waals surface area contributed by atoms with Crippen LogP contribution in [-0.4, -0.2) is 7.11 Å². The molecule has 0 atom stereocenters. The van der Waals surface area contributed by atoms with Crippen LogP contribution in [-0.2, 0) is 0 Å². The van der Waals surface area contributed by atoms with E-state index in [0.29, 0.717) is 0 Å². The lowest BCUT2D eigenvalue weighted by molar-refractivity contribution is 0.414. The average Bonchev–Trinajstić information content (AvgIpc) is 2.03. The van der Waals surface area contributed by atoms with Crippen LogP contribution in [0.25, 0.3) is 0 Å². The molecule has 0 fully saturated rings. The molecule has 0 N–H and O–H groups in total. The third kappa shape index (κ3) is 1.40. The minimum Gasteiger partial charge on any atom is -0.497 e. The maximum Gasteiger partial charge on any atom is 0.119 e. The van der Waals surface area contributed by atoms with Crippen LogP contribution >= 0.6 is 0 Å². The van der Waals surface area contributed by atoms with Crippen molar-refractivity contribution in [2.45, 2.75) is 13.8 Å². The molecule has 0 saturated carbocycles. The normalized spacial score (nSPS) is 9.17. The molecular weight excluding hydrogens is 150 g/mol. The number of benzene rings is 1. The molecule has 2 heteroatoms. The van der Waals surface area contributed by atoms with Crippen molar-refractivity contribution in [3.8, 4) is 11.8 Å². The molecule has 0 aliphatic rings. The average molecular weight is 161 g/mol. The lowest BCUT2D eigenvalue weighted by atomic mass is 10.0. The Morgan fingerprint density at radius 1 is 1.25 bits per heavy atom. The van der Waals surface area contributed by atoms with E-state index < -0.39 is 0 Å². The van der Waals surface area contributed by atoms with Crippen molar-refractivity contribution >= 4 is 0 Å². The maximum absolute atomic E-state index is 8.77. The van der Waals surface area contributed by atoms with Crippen LogP contribution in [0.2, 0.25) is 0 Å². The van der Waals surface area contributed by atoms with Gasteiger partial charge in [-0.05, 0) is 37.1 Å². The van der Waals surface area contributed by atoms with Crippen molar-refractivity contribution < 1.29 is 4.74 Å². The first-order valence-corrected chi connectivity index (χ1v) is 3.74. The fraction of sp³-hybridized carbons (Fsp3) is 0.300. The molecule has 0 radical (unpaired) electrons. The van der Waals surface area contributed by atoms with E-state index in [9.17, 15) is 0 Å². The molecule has 12 heavy (non-hydrogen) atoms. The number of nitrogens with zero attached hydrogens (tertiary/aromatic N) is 1. The van der Waals surface area contributed by atoms with Gasteiger partial charge in [-0.25, -0.2) is 0 Å². The molecule has 1 aromatic carbocycles. The SMILES string of the molecule is COc1cc(C)c(C#N)c(C)c1. The van der Waals surface area contributed by atoms with E-state index in [1.165, 1.54) is 0 Å². The molecule has 1 rings (SSSR count). The minimum atomic E-state index is 0.746. The quantitative estimate of drug-likeness (QED) is 0.632. The lowest BCUT2D eigenvalue weighted by Crippen LogP contribution is -1.90. The highest BCUT2D eigenvalue weighted by Crippen LogP contribution is 2.20. The standard InChI is InChI=1S/C10H11NO/c1-7-4-9(12-3)5-8(2)10(7)6-11/h4-5H,1-3H3. The van der Waals surface area contributed by atoms with Gasteiger partial charge in [0, 0.05) is 0 Å². The smallest absolute Gasteiger partial charge is 0.119 e. The first-order valence-electron chi connectivity index (χ1n) is 3.74. The highest BCUT2D eigenvalue weighted by molar-refractivity contribution is 5.47. The van der Waals surface area contributed by atoms with Gasteiger partial charge in [-0.2, -0.15) is 5.26 Å². The van der Waals surface area contributed by atoms with Crippen molar-refractivity contribution in [1.29, 1.82) is 5.26 Å². The van der Waals surface area contributed by atoms with Gasteiger partial charge in [0.05, 0.1) is 18.7 Å². The Morgan fingerprint density at radius 2 is 1.75 bits per heavy atom. The van der Waals surface area contributed by atoms with E-state index in [2.05, 4.69) is 6.07 Å². The summed E-state index contributed by atoms with van der Waals surface area (Å²) in [6, 6.07) is 5.89. The molecule has 0 heterocycles. The predicted octanol–water partition coefficient (Wildman–Crippen LogP) is 2.18. The molecular formula is C10H11NO. The van der Waals surface area contributed by atoms with Crippen LogP contribution in [0.1, 0.15) is 16.7 Å². The fourth-order valence-corrected chi connectivity index (χ4v) is 1.22. The summed E-state index contributed by atoms with van der Waals surface area (Å²) in [5, 5.41) is 8.77. The number of aryl methyl sites for hydroxylation is 2. The van der Waals surface area contributed by atoms with E-state index in [0.717, 1.165) is 22.4 Å². The zero-order valence-electron chi connectivity index (χ0n) is 7.51. The predicted molar refractivity (Wildman–Crippen MR) is 47.2 cm³/mol. The minimum absolute atomic E-state index is 0.746. The first-order chi connectivity index (χ1) is 5.69. The molecule has 0 bridgehead atoms. The highest BCUT2D eigenvalue weighted by atomic mass is 16.5. The van der Waals surface area contributed by atoms with Gasteiger partial charge in [-0.15, -0.1) is 0 Å². The van der Waals surface area contributed by atoms with E-state index in [1.807, 2.05) is 26.0 Å². The van der Waals surface area contributed by atoms with Gasteiger partial charge in [-0.3, -0.25) is 0 Å². The second-order valence-corrected chi connectivity index (χ2v) is 2.75. The Kier molecular flexibility index (Phi) is 2.35. The van der Waals surface area contributed by atoms with Crippen LogP contribution in [0, 0.1) is 25.2 Å². The molecule has 0 aromatic heterocycles. The Morgan fingerprint density at radius 3 is 2.08 bits per heavy atom. The van der Waals surface area contributed by atoms with Gasteiger partial charge in [0.2, 0.25) is 0 Å². The summed E-state index contributed by atoms with van der Waals surface area (Å²) < 4.78 is 5.07. The Labute approximate surface area is 72.4 Å². The molecule has 0 aliphatic carbocycles. The second kappa shape index (κ2) is 3.27. The van der Waals surface area contributed by atoms with Crippen molar-refractivity contribution in [3.63, 3.8) is 0 Å². The molecule has 62 valence electrons. The largest absolute Gasteiger partial charge is 0.497 e. The number of methoxy groups -OCH3 is 1. The van der Waals surface area contributed by atoms with Crippen LogP contribution < -0.4 is 4.74 Å².